The quantitative estimate of drug-likeness (QED) is 0.569. The molecule has 142 valence electrons. The van der Waals surface area contributed by atoms with Gasteiger partial charge in [0.15, 0.2) is 0 Å². The SMILES string of the molecule is O=C(Cn1cnc2c(oc3ccccc32)c1=O)Nc1ccccc1OC(F)F. The average Bonchev–Trinajstić information content (AvgIpc) is 3.05. The van der Waals surface area contributed by atoms with Crippen molar-refractivity contribution in [1.29, 1.82) is 0 Å². The van der Waals surface area contributed by atoms with Crippen LogP contribution in [0.4, 0.5) is 14.5 Å². The molecule has 1 N–H and O–H groups in total. The van der Waals surface area contributed by atoms with Crippen LogP contribution in [0.15, 0.2) is 64.1 Å². The zero-order valence-electron chi connectivity index (χ0n) is 14.3. The Morgan fingerprint density at radius 1 is 1.18 bits per heavy atom. The molecule has 2 aromatic carbocycles. The van der Waals surface area contributed by atoms with Crippen molar-refractivity contribution >= 4 is 33.7 Å². The standard InChI is InChI=1S/C19H13F2N3O4/c20-19(21)28-14-8-4-2-6-12(14)23-15(25)9-24-10-22-16-11-5-1-3-7-13(11)27-17(16)18(24)26/h1-8,10,19H,9H2,(H,23,25). The summed E-state index contributed by atoms with van der Waals surface area (Å²) in [6.45, 7) is -3.40. The van der Waals surface area contributed by atoms with Gasteiger partial charge < -0.3 is 14.5 Å². The van der Waals surface area contributed by atoms with Gasteiger partial charge in [-0.3, -0.25) is 14.2 Å². The van der Waals surface area contributed by atoms with Crippen LogP contribution in [-0.4, -0.2) is 22.1 Å². The fourth-order valence-electron chi connectivity index (χ4n) is 2.84. The van der Waals surface area contributed by atoms with Crippen molar-refractivity contribution in [2.75, 3.05) is 5.32 Å². The van der Waals surface area contributed by atoms with Gasteiger partial charge in [-0.1, -0.05) is 24.3 Å². The van der Waals surface area contributed by atoms with Crippen LogP contribution in [-0.2, 0) is 11.3 Å². The summed E-state index contributed by atoms with van der Waals surface area (Å²) >= 11 is 0. The van der Waals surface area contributed by atoms with Crippen molar-refractivity contribution < 1.29 is 22.7 Å². The second-order valence-electron chi connectivity index (χ2n) is 5.88. The van der Waals surface area contributed by atoms with Crippen LogP contribution in [0.25, 0.3) is 22.1 Å². The van der Waals surface area contributed by atoms with E-state index >= 15 is 0 Å². The summed E-state index contributed by atoms with van der Waals surface area (Å²) in [6.07, 6.45) is 1.24. The number of halogens is 2. The van der Waals surface area contributed by atoms with Crippen LogP contribution in [0.5, 0.6) is 5.75 Å². The number of nitrogens with one attached hydrogen (secondary N) is 1. The summed E-state index contributed by atoms with van der Waals surface area (Å²) in [7, 11) is 0. The zero-order valence-corrected chi connectivity index (χ0v) is 14.3. The first-order valence-corrected chi connectivity index (χ1v) is 8.23. The minimum atomic E-state index is -3.03. The molecule has 0 saturated heterocycles. The smallest absolute Gasteiger partial charge is 0.387 e. The molecule has 0 spiro atoms. The second-order valence-corrected chi connectivity index (χ2v) is 5.88. The number of anilines is 1. The van der Waals surface area contributed by atoms with E-state index in [0.29, 0.717) is 16.5 Å². The largest absolute Gasteiger partial charge is 0.448 e. The van der Waals surface area contributed by atoms with Gasteiger partial charge in [0.2, 0.25) is 11.5 Å². The first kappa shape index (κ1) is 17.7. The van der Waals surface area contributed by atoms with Crippen molar-refractivity contribution in [3.63, 3.8) is 0 Å². The van der Waals surface area contributed by atoms with Crippen LogP contribution in [0.3, 0.4) is 0 Å². The molecule has 9 heteroatoms. The number of furan rings is 1. The second kappa shape index (κ2) is 7.10. The van der Waals surface area contributed by atoms with Gasteiger partial charge in [-0.15, -0.1) is 0 Å². The number of hydrogen-bond donors (Lipinski definition) is 1. The highest BCUT2D eigenvalue weighted by atomic mass is 19.3. The van der Waals surface area contributed by atoms with Crippen molar-refractivity contribution in [2.24, 2.45) is 0 Å². The summed E-state index contributed by atoms with van der Waals surface area (Å²) in [4.78, 5) is 29.1. The Labute approximate surface area is 156 Å². The Balaban J connectivity index is 1.60. The van der Waals surface area contributed by atoms with Crippen LogP contribution >= 0.6 is 0 Å². The van der Waals surface area contributed by atoms with E-state index < -0.39 is 18.1 Å². The minimum Gasteiger partial charge on any atom is -0.448 e. The van der Waals surface area contributed by atoms with Gasteiger partial charge in [0.25, 0.3) is 5.56 Å². The van der Waals surface area contributed by atoms with E-state index in [2.05, 4.69) is 15.0 Å². The molecule has 4 aromatic rings. The van der Waals surface area contributed by atoms with E-state index in [4.69, 9.17) is 4.42 Å². The summed E-state index contributed by atoms with van der Waals surface area (Å²) < 4.78 is 36.0. The number of rotatable bonds is 5. The Hall–Kier alpha value is -3.75. The van der Waals surface area contributed by atoms with Gasteiger partial charge in [0.05, 0.1) is 12.0 Å². The highest BCUT2D eigenvalue weighted by Gasteiger charge is 2.16. The van der Waals surface area contributed by atoms with Gasteiger partial charge >= 0.3 is 6.61 Å². The molecule has 0 aliphatic carbocycles. The van der Waals surface area contributed by atoms with Crippen molar-refractivity contribution in [2.45, 2.75) is 13.2 Å². The molecule has 0 atom stereocenters. The fourth-order valence-corrected chi connectivity index (χ4v) is 2.84. The normalized spacial score (nSPS) is 11.2. The highest BCUT2D eigenvalue weighted by Crippen LogP contribution is 2.26. The number of para-hydroxylation sites is 3. The molecule has 4 rings (SSSR count). The molecule has 0 bridgehead atoms. The van der Waals surface area contributed by atoms with Gasteiger partial charge in [-0.05, 0) is 24.3 Å². The van der Waals surface area contributed by atoms with Crippen molar-refractivity contribution in [3.8, 4) is 5.75 Å². The molecular formula is C19H13F2N3O4. The molecule has 2 aromatic heterocycles. The molecule has 7 nitrogen and oxygen atoms in total. The Morgan fingerprint density at radius 3 is 2.75 bits per heavy atom. The summed E-state index contributed by atoms with van der Waals surface area (Å²) in [5, 5.41) is 3.15. The third-order valence-electron chi connectivity index (χ3n) is 4.04. The predicted molar refractivity (Wildman–Crippen MR) is 97.5 cm³/mol. The fraction of sp³-hybridized carbons (Fsp3) is 0.105. The van der Waals surface area contributed by atoms with Crippen molar-refractivity contribution in [1.82, 2.24) is 9.55 Å². The zero-order chi connectivity index (χ0) is 19.7. The van der Waals surface area contributed by atoms with E-state index in [0.717, 1.165) is 4.57 Å². The number of nitrogens with zero attached hydrogens (tertiary/aromatic N) is 2. The molecule has 2 heterocycles. The maximum Gasteiger partial charge on any atom is 0.387 e. The molecule has 0 aliphatic heterocycles. The molecule has 1 amide bonds. The Morgan fingerprint density at radius 2 is 1.93 bits per heavy atom. The summed E-state index contributed by atoms with van der Waals surface area (Å²) in [6, 6.07) is 12.8. The molecule has 0 aliphatic rings. The first-order valence-electron chi connectivity index (χ1n) is 8.23. The lowest BCUT2D eigenvalue weighted by Crippen LogP contribution is -2.27. The Bertz CT molecular complexity index is 1230. The molecule has 28 heavy (non-hydrogen) atoms. The lowest BCUT2D eigenvalue weighted by molar-refractivity contribution is -0.116. The maximum absolute atomic E-state index is 12.6. The van der Waals surface area contributed by atoms with E-state index in [1.54, 1.807) is 30.3 Å². The monoisotopic (exact) mass is 385 g/mol. The lowest BCUT2D eigenvalue weighted by atomic mass is 10.2. The number of alkyl halides is 2. The molecule has 0 fully saturated rings. The van der Waals surface area contributed by atoms with E-state index in [1.165, 1.54) is 24.5 Å². The summed E-state index contributed by atoms with van der Waals surface area (Å²) in [5.74, 6) is -0.784. The number of ether oxygens (including phenoxy) is 1. The van der Waals surface area contributed by atoms with E-state index in [1.807, 2.05) is 0 Å². The average molecular weight is 385 g/mol. The number of aromatic nitrogens is 2. The third kappa shape index (κ3) is 3.29. The predicted octanol–water partition coefficient (Wildman–Crippen LogP) is 3.38. The number of carbonyl (C=O) groups excluding carboxylic acids is 1. The maximum atomic E-state index is 12.6. The topological polar surface area (TPSA) is 86.4 Å². The number of amides is 1. The number of hydrogen-bond acceptors (Lipinski definition) is 5. The lowest BCUT2D eigenvalue weighted by Gasteiger charge is -2.12. The van der Waals surface area contributed by atoms with Gasteiger partial charge in [-0.2, -0.15) is 8.78 Å². The molecule has 0 radical (unpaired) electrons. The highest BCUT2D eigenvalue weighted by molar-refractivity contribution is 6.01. The number of fused-ring (bicyclic) bond motifs is 3. The molecule has 0 unspecified atom stereocenters. The van der Waals surface area contributed by atoms with Crippen LogP contribution in [0.2, 0.25) is 0 Å². The van der Waals surface area contributed by atoms with E-state index in [9.17, 15) is 18.4 Å². The first-order chi connectivity index (χ1) is 13.5. The van der Waals surface area contributed by atoms with Gasteiger partial charge in [0, 0.05) is 5.39 Å². The van der Waals surface area contributed by atoms with Crippen LogP contribution in [0, 0.1) is 0 Å². The van der Waals surface area contributed by atoms with Crippen LogP contribution in [0.1, 0.15) is 0 Å². The minimum absolute atomic E-state index is 0.0398. The number of carbonyl (C=O) groups is 1. The van der Waals surface area contributed by atoms with Gasteiger partial charge in [0.1, 0.15) is 23.4 Å². The molecular weight excluding hydrogens is 372 g/mol. The number of benzene rings is 2. The Kier molecular flexibility index (Phi) is 4.48. The van der Waals surface area contributed by atoms with E-state index in [-0.39, 0.29) is 23.6 Å². The van der Waals surface area contributed by atoms with Crippen LogP contribution < -0.4 is 15.6 Å². The third-order valence-corrected chi connectivity index (χ3v) is 4.04. The molecule has 0 saturated carbocycles. The van der Waals surface area contributed by atoms with Crippen molar-refractivity contribution in [3.05, 3.63) is 65.2 Å². The van der Waals surface area contributed by atoms with Gasteiger partial charge in [-0.25, -0.2) is 4.98 Å². The summed E-state index contributed by atoms with van der Waals surface area (Å²) in [5.41, 5.74) is 0.514.